The van der Waals surface area contributed by atoms with Crippen molar-refractivity contribution in [1.29, 1.82) is 0 Å². The van der Waals surface area contributed by atoms with E-state index in [4.69, 9.17) is 9.63 Å². The molecule has 1 aromatic heterocycles. The number of rotatable bonds is 3. The van der Waals surface area contributed by atoms with E-state index in [0.717, 1.165) is 4.74 Å². The lowest BCUT2D eigenvalue weighted by Gasteiger charge is -1.94. The van der Waals surface area contributed by atoms with Gasteiger partial charge in [-0.05, 0) is 12.1 Å². The topological polar surface area (TPSA) is 72.4 Å². The lowest BCUT2D eigenvalue weighted by Crippen LogP contribution is -2.16. The van der Waals surface area contributed by atoms with Gasteiger partial charge in [-0.2, -0.15) is 4.74 Å². The van der Waals surface area contributed by atoms with Crippen molar-refractivity contribution in [2.75, 3.05) is 0 Å². The quantitative estimate of drug-likeness (QED) is 0.817. The van der Waals surface area contributed by atoms with Crippen molar-refractivity contribution < 1.29 is 14.4 Å². The van der Waals surface area contributed by atoms with Crippen molar-refractivity contribution in [2.45, 2.75) is 13.0 Å². The van der Waals surface area contributed by atoms with Gasteiger partial charge in [0.2, 0.25) is 0 Å². The van der Waals surface area contributed by atoms with E-state index in [1.165, 1.54) is 0 Å². The van der Waals surface area contributed by atoms with Gasteiger partial charge in [0.1, 0.15) is 0 Å². The minimum absolute atomic E-state index is 0.0584. The molecule has 0 aliphatic carbocycles. The predicted molar refractivity (Wildman–Crippen MR) is 52.7 cm³/mol. The van der Waals surface area contributed by atoms with Crippen LogP contribution in [-0.2, 0) is 11.3 Å². The summed E-state index contributed by atoms with van der Waals surface area (Å²) >= 11 is 0. The summed E-state index contributed by atoms with van der Waals surface area (Å²) in [6, 6.07) is 6.82. The second kappa shape index (κ2) is 3.61. The molecule has 1 aromatic carbocycles. The fourth-order valence-corrected chi connectivity index (χ4v) is 1.36. The average molecular weight is 207 g/mol. The van der Waals surface area contributed by atoms with Gasteiger partial charge in [0.15, 0.2) is 5.58 Å². The fraction of sp³-hybridized carbons (Fsp3) is 0.200. The molecule has 0 spiro atoms. The van der Waals surface area contributed by atoms with E-state index in [1.54, 1.807) is 24.3 Å². The van der Waals surface area contributed by atoms with Gasteiger partial charge in [-0.25, -0.2) is 0 Å². The number of hydrogen-bond donors (Lipinski definition) is 1. The Morgan fingerprint density at radius 3 is 2.80 bits per heavy atom. The smallest absolute Gasteiger partial charge is 0.305 e. The van der Waals surface area contributed by atoms with E-state index in [2.05, 4.69) is 0 Å². The van der Waals surface area contributed by atoms with Crippen molar-refractivity contribution in [3.8, 4) is 0 Å². The Balaban J connectivity index is 2.40. The molecule has 1 heterocycles. The maximum Gasteiger partial charge on any atom is 0.305 e. The number of para-hydroxylation sites is 1. The zero-order valence-corrected chi connectivity index (χ0v) is 7.84. The molecule has 0 bridgehead atoms. The first-order valence-electron chi connectivity index (χ1n) is 4.49. The molecule has 2 aromatic rings. The SMILES string of the molecule is O=C(O)CCn1oc2ccccc2c1=O. The van der Waals surface area contributed by atoms with E-state index in [-0.39, 0.29) is 18.5 Å². The second-order valence-electron chi connectivity index (χ2n) is 3.14. The van der Waals surface area contributed by atoms with Crippen LogP contribution in [0.3, 0.4) is 0 Å². The minimum atomic E-state index is -0.956. The molecule has 5 nitrogen and oxygen atoms in total. The number of aromatic nitrogens is 1. The van der Waals surface area contributed by atoms with Gasteiger partial charge in [-0.1, -0.05) is 12.1 Å². The predicted octanol–water partition coefficient (Wildman–Crippen LogP) is 1.07. The number of carbonyl (C=O) groups is 1. The highest BCUT2D eigenvalue weighted by Crippen LogP contribution is 2.09. The Morgan fingerprint density at radius 1 is 1.40 bits per heavy atom. The molecular formula is C10H9NO4. The molecule has 0 aliphatic heterocycles. The Kier molecular flexibility index (Phi) is 2.29. The second-order valence-corrected chi connectivity index (χ2v) is 3.14. The molecule has 0 amide bonds. The summed E-state index contributed by atoms with van der Waals surface area (Å²) in [7, 11) is 0. The Morgan fingerprint density at radius 2 is 2.13 bits per heavy atom. The first-order chi connectivity index (χ1) is 7.18. The summed E-state index contributed by atoms with van der Waals surface area (Å²) in [6.07, 6.45) is -0.125. The largest absolute Gasteiger partial charge is 0.481 e. The monoisotopic (exact) mass is 207 g/mol. The molecule has 1 N–H and O–H groups in total. The number of benzene rings is 1. The van der Waals surface area contributed by atoms with Gasteiger partial charge in [0, 0.05) is 0 Å². The van der Waals surface area contributed by atoms with Gasteiger partial charge in [-0.3, -0.25) is 9.59 Å². The summed E-state index contributed by atoms with van der Waals surface area (Å²) in [4.78, 5) is 22.0. The number of fused-ring (bicyclic) bond motifs is 1. The zero-order valence-electron chi connectivity index (χ0n) is 7.84. The van der Waals surface area contributed by atoms with Crippen LogP contribution in [0.2, 0.25) is 0 Å². The van der Waals surface area contributed by atoms with Crippen LogP contribution < -0.4 is 5.56 Å². The van der Waals surface area contributed by atoms with Crippen molar-refractivity contribution >= 4 is 16.9 Å². The highest BCUT2D eigenvalue weighted by molar-refractivity contribution is 5.75. The van der Waals surface area contributed by atoms with Crippen molar-refractivity contribution in [1.82, 2.24) is 4.74 Å². The summed E-state index contributed by atoms with van der Waals surface area (Å²) < 4.78 is 6.26. The molecule has 78 valence electrons. The van der Waals surface area contributed by atoms with Crippen molar-refractivity contribution in [3.05, 3.63) is 34.6 Å². The zero-order chi connectivity index (χ0) is 10.8. The summed E-state index contributed by atoms with van der Waals surface area (Å²) in [5.41, 5.74) is 0.194. The molecular weight excluding hydrogens is 198 g/mol. The van der Waals surface area contributed by atoms with Crippen LogP contribution in [-0.4, -0.2) is 15.8 Å². The van der Waals surface area contributed by atoms with Crippen LogP contribution >= 0.6 is 0 Å². The molecule has 0 saturated heterocycles. The molecule has 0 unspecified atom stereocenters. The number of aliphatic carboxylic acids is 1. The lowest BCUT2D eigenvalue weighted by atomic mass is 10.3. The molecule has 15 heavy (non-hydrogen) atoms. The van der Waals surface area contributed by atoms with E-state index >= 15 is 0 Å². The van der Waals surface area contributed by atoms with E-state index in [1.807, 2.05) is 0 Å². The van der Waals surface area contributed by atoms with Crippen molar-refractivity contribution in [2.24, 2.45) is 0 Å². The van der Waals surface area contributed by atoms with Gasteiger partial charge in [-0.15, -0.1) is 0 Å². The summed E-state index contributed by atoms with van der Waals surface area (Å²) in [6.45, 7) is 0.0584. The number of hydrogen-bond acceptors (Lipinski definition) is 3. The highest BCUT2D eigenvalue weighted by Gasteiger charge is 2.08. The van der Waals surface area contributed by atoms with Crippen LogP contribution in [0.15, 0.2) is 33.6 Å². The standard InChI is InChI=1S/C10H9NO4/c12-9(13)5-6-11-10(14)7-3-1-2-4-8(7)15-11/h1-4H,5-6H2,(H,12,13). The summed E-state index contributed by atoms with van der Waals surface area (Å²) in [5.74, 6) is -0.956. The molecule has 0 saturated carbocycles. The molecule has 0 radical (unpaired) electrons. The maximum atomic E-state index is 11.6. The van der Waals surface area contributed by atoms with Crippen molar-refractivity contribution in [3.63, 3.8) is 0 Å². The molecule has 0 fully saturated rings. The van der Waals surface area contributed by atoms with Crippen LogP contribution in [0.5, 0.6) is 0 Å². The van der Waals surface area contributed by atoms with Crippen LogP contribution in [0.1, 0.15) is 6.42 Å². The number of carboxylic acid groups (broad SMARTS) is 1. The average Bonchev–Trinajstić information content (AvgIpc) is 2.54. The van der Waals surface area contributed by atoms with Gasteiger partial charge in [0.25, 0.3) is 5.56 Å². The number of aryl methyl sites for hydroxylation is 1. The molecule has 0 aliphatic rings. The molecule has 0 atom stereocenters. The van der Waals surface area contributed by atoms with Gasteiger partial charge in [0.05, 0.1) is 18.4 Å². The molecule has 2 rings (SSSR count). The Hall–Kier alpha value is -2.04. The van der Waals surface area contributed by atoms with E-state index in [9.17, 15) is 9.59 Å². The van der Waals surface area contributed by atoms with Crippen LogP contribution in [0, 0.1) is 0 Å². The first-order valence-corrected chi connectivity index (χ1v) is 4.49. The number of carboxylic acids is 1. The van der Waals surface area contributed by atoms with Crippen LogP contribution in [0.4, 0.5) is 0 Å². The Bertz CT molecular complexity index is 552. The van der Waals surface area contributed by atoms with E-state index < -0.39 is 5.97 Å². The van der Waals surface area contributed by atoms with E-state index in [0.29, 0.717) is 11.0 Å². The molecule has 5 heteroatoms. The Labute approximate surface area is 84.5 Å². The minimum Gasteiger partial charge on any atom is -0.481 e. The normalized spacial score (nSPS) is 10.7. The third-order valence-corrected chi connectivity index (χ3v) is 2.08. The third kappa shape index (κ3) is 1.76. The summed E-state index contributed by atoms with van der Waals surface area (Å²) in [5, 5.41) is 8.96. The fourth-order valence-electron chi connectivity index (χ4n) is 1.36. The lowest BCUT2D eigenvalue weighted by molar-refractivity contribution is -0.137. The highest BCUT2D eigenvalue weighted by atomic mass is 16.5. The maximum absolute atomic E-state index is 11.6. The van der Waals surface area contributed by atoms with Gasteiger partial charge < -0.3 is 9.63 Å². The number of nitrogens with zero attached hydrogens (tertiary/aromatic N) is 1. The first kappa shape index (κ1) is 9.51. The van der Waals surface area contributed by atoms with Gasteiger partial charge >= 0.3 is 5.97 Å². The van der Waals surface area contributed by atoms with Crippen LogP contribution in [0.25, 0.3) is 11.0 Å². The third-order valence-electron chi connectivity index (χ3n) is 2.08.